The van der Waals surface area contributed by atoms with Crippen LogP contribution in [-0.2, 0) is 15.8 Å². The highest BCUT2D eigenvalue weighted by Crippen LogP contribution is 2.43. The Morgan fingerprint density at radius 3 is 2.15 bits per heavy atom. The van der Waals surface area contributed by atoms with Gasteiger partial charge in [0, 0.05) is 5.56 Å². The Hall–Kier alpha value is -3.53. The van der Waals surface area contributed by atoms with Crippen LogP contribution in [0.5, 0.6) is 0 Å². The number of Topliss-reactive ketones (excluding diaryl/α,β-unsaturated/α-hetero) is 1. The quantitative estimate of drug-likeness (QED) is 0.294. The Labute approximate surface area is 197 Å². The van der Waals surface area contributed by atoms with E-state index in [1.54, 1.807) is 31.2 Å². The second-order valence-corrected chi connectivity index (χ2v) is 9.33. The normalized spacial score (nSPS) is 18.2. The highest BCUT2D eigenvalue weighted by Gasteiger charge is 2.48. The summed E-state index contributed by atoms with van der Waals surface area (Å²) < 4.78 is 39.3. The van der Waals surface area contributed by atoms with Crippen molar-refractivity contribution in [2.24, 2.45) is 0 Å². The number of benzene rings is 2. The molecule has 6 nitrogen and oxygen atoms in total. The number of nitrogens with zero attached hydrogens (tertiary/aromatic N) is 3. The molecule has 0 aliphatic carbocycles. The first-order valence-corrected chi connectivity index (χ1v) is 11.2. The third-order valence-corrected chi connectivity index (χ3v) is 6.41. The van der Waals surface area contributed by atoms with E-state index in [0.717, 1.165) is 33.9 Å². The monoisotopic (exact) mass is 487 g/mol. The highest BCUT2D eigenvalue weighted by molar-refractivity contribution is 7.15. The molecule has 0 radical (unpaired) electrons. The lowest BCUT2D eigenvalue weighted by Gasteiger charge is -2.23. The molecule has 0 saturated carbocycles. The van der Waals surface area contributed by atoms with Crippen molar-refractivity contribution in [1.82, 2.24) is 10.2 Å². The first-order chi connectivity index (χ1) is 16.0. The summed E-state index contributed by atoms with van der Waals surface area (Å²) in [5.41, 5.74) is 0.452. The fourth-order valence-corrected chi connectivity index (χ4v) is 4.48. The maximum absolute atomic E-state index is 13.1. The number of hydrogen-bond acceptors (Lipinski definition) is 6. The summed E-state index contributed by atoms with van der Waals surface area (Å²) in [6.07, 6.45) is -4.55. The van der Waals surface area contributed by atoms with Gasteiger partial charge in [0.25, 0.3) is 5.78 Å². The van der Waals surface area contributed by atoms with E-state index in [-0.39, 0.29) is 22.2 Å². The molecule has 0 bridgehead atoms. The predicted octanol–water partition coefficient (Wildman–Crippen LogP) is 5.62. The van der Waals surface area contributed by atoms with Gasteiger partial charge >= 0.3 is 12.1 Å². The van der Waals surface area contributed by atoms with Crippen molar-refractivity contribution in [3.8, 4) is 0 Å². The Morgan fingerprint density at radius 1 is 1.03 bits per heavy atom. The first-order valence-electron chi connectivity index (χ1n) is 10.4. The third-order valence-electron chi connectivity index (χ3n) is 5.57. The SMILES string of the molecule is Cc1nnc(N2C(=O)C(=O)/C(=C(/O)c3ccc(C(C)C)cc3)C2c2ccc(C(F)(F)F)cc2)s1. The van der Waals surface area contributed by atoms with Crippen LogP contribution in [0.2, 0.25) is 0 Å². The summed E-state index contributed by atoms with van der Waals surface area (Å²) in [6.45, 7) is 5.69. The molecule has 176 valence electrons. The fraction of sp³-hybridized carbons (Fsp3) is 0.250. The van der Waals surface area contributed by atoms with Crippen LogP contribution >= 0.6 is 11.3 Å². The molecule has 0 spiro atoms. The largest absolute Gasteiger partial charge is 0.507 e. The van der Waals surface area contributed by atoms with Gasteiger partial charge in [0.15, 0.2) is 0 Å². The van der Waals surface area contributed by atoms with Crippen molar-refractivity contribution in [3.05, 3.63) is 81.4 Å². The number of rotatable bonds is 4. The number of aliphatic hydroxyl groups is 1. The number of anilines is 1. The predicted molar refractivity (Wildman–Crippen MR) is 121 cm³/mol. The van der Waals surface area contributed by atoms with Crippen LogP contribution in [0.25, 0.3) is 5.76 Å². The van der Waals surface area contributed by atoms with Gasteiger partial charge in [-0.3, -0.25) is 14.5 Å². The zero-order valence-electron chi connectivity index (χ0n) is 18.4. The Bertz CT molecular complexity index is 1280. The maximum Gasteiger partial charge on any atom is 0.416 e. The van der Waals surface area contributed by atoms with Crippen molar-refractivity contribution in [2.75, 3.05) is 4.90 Å². The van der Waals surface area contributed by atoms with Gasteiger partial charge < -0.3 is 5.11 Å². The molecule has 2 heterocycles. The molecule has 3 aromatic rings. The Morgan fingerprint density at radius 2 is 1.65 bits per heavy atom. The van der Waals surface area contributed by atoms with Crippen molar-refractivity contribution in [2.45, 2.75) is 38.9 Å². The average molecular weight is 488 g/mol. The van der Waals surface area contributed by atoms with Crippen molar-refractivity contribution < 1.29 is 27.9 Å². The van der Waals surface area contributed by atoms with E-state index in [9.17, 15) is 27.9 Å². The van der Waals surface area contributed by atoms with Gasteiger partial charge in [-0.25, -0.2) is 0 Å². The molecule has 4 rings (SSSR count). The van der Waals surface area contributed by atoms with Gasteiger partial charge in [-0.2, -0.15) is 13.2 Å². The van der Waals surface area contributed by atoms with Crippen molar-refractivity contribution in [3.63, 3.8) is 0 Å². The second-order valence-electron chi connectivity index (χ2n) is 8.17. The lowest BCUT2D eigenvalue weighted by molar-refractivity contribution is -0.137. The summed E-state index contributed by atoms with van der Waals surface area (Å²) in [4.78, 5) is 27.1. The number of carbonyl (C=O) groups is 2. The molecular formula is C24H20F3N3O3S. The molecule has 1 aromatic heterocycles. The number of aryl methyl sites for hydroxylation is 1. The van der Waals surface area contributed by atoms with Crippen LogP contribution < -0.4 is 4.90 Å². The summed E-state index contributed by atoms with van der Waals surface area (Å²) in [7, 11) is 0. The number of amides is 1. The molecule has 1 saturated heterocycles. The van der Waals surface area contributed by atoms with Crippen LogP contribution in [0.1, 0.15) is 53.1 Å². The van der Waals surface area contributed by atoms with Crippen LogP contribution in [0.4, 0.5) is 18.3 Å². The Balaban J connectivity index is 1.88. The molecule has 1 atom stereocenters. The smallest absolute Gasteiger partial charge is 0.416 e. The average Bonchev–Trinajstić information content (AvgIpc) is 3.33. The van der Waals surface area contributed by atoms with E-state index in [2.05, 4.69) is 10.2 Å². The van der Waals surface area contributed by atoms with Crippen molar-refractivity contribution in [1.29, 1.82) is 0 Å². The van der Waals surface area contributed by atoms with Gasteiger partial charge in [-0.1, -0.05) is 61.6 Å². The van der Waals surface area contributed by atoms with Gasteiger partial charge in [-0.05, 0) is 36.1 Å². The minimum atomic E-state index is -4.55. The lowest BCUT2D eigenvalue weighted by atomic mass is 9.94. The molecule has 1 aliphatic heterocycles. The molecule has 34 heavy (non-hydrogen) atoms. The molecule has 1 fully saturated rings. The number of aromatic nitrogens is 2. The summed E-state index contributed by atoms with van der Waals surface area (Å²) in [6, 6.07) is 9.84. The van der Waals surface area contributed by atoms with Crippen molar-refractivity contribution >= 4 is 33.9 Å². The minimum Gasteiger partial charge on any atom is -0.507 e. The van der Waals surface area contributed by atoms with Gasteiger partial charge in [0.05, 0.1) is 17.2 Å². The minimum absolute atomic E-state index is 0.110. The van der Waals surface area contributed by atoms with E-state index in [0.29, 0.717) is 10.6 Å². The second kappa shape index (κ2) is 8.68. The number of aliphatic hydroxyl groups excluding tert-OH is 1. The van der Waals surface area contributed by atoms with Gasteiger partial charge in [-0.15, -0.1) is 10.2 Å². The van der Waals surface area contributed by atoms with E-state index < -0.39 is 35.2 Å². The molecule has 1 N–H and O–H groups in total. The molecule has 1 amide bonds. The number of alkyl halides is 3. The molecule has 2 aromatic carbocycles. The zero-order chi connectivity index (χ0) is 24.8. The summed E-state index contributed by atoms with van der Waals surface area (Å²) >= 11 is 1.06. The van der Waals surface area contributed by atoms with E-state index in [1.807, 2.05) is 13.8 Å². The van der Waals surface area contributed by atoms with Crippen LogP contribution in [0.15, 0.2) is 54.1 Å². The van der Waals surface area contributed by atoms with Crippen LogP contribution in [-0.4, -0.2) is 27.0 Å². The maximum atomic E-state index is 13.1. The number of hydrogen-bond donors (Lipinski definition) is 1. The van der Waals surface area contributed by atoms with E-state index >= 15 is 0 Å². The number of halogens is 3. The van der Waals surface area contributed by atoms with Crippen LogP contribution in [0.3, 0.4) is 0 Å². The van der Waals surface area contributed by atoms with E-state index in [1.165, 1.54) is 12.1 Å². The standard InChI is InChI=1S/C24H20F3N3O3S/c1-12(2)14-4-6-16(7-5-14)20(31)18-19(15-8-10-17(11-9-15)24(25,26)27)30(22(33)21(18)32)23-29-28-13(3)34-23/h4-12,19,31H,1-3H3/b20-18+. The third kappa shape index (κ3) is 4.21. The topological polar surface area (TPSA) is 83.4 Å². The van der Waals surface area contributed by atoms with E-state index in [4.69, 9.17) is 0 Å². The number of ketones is 1. The van der Waals surface area contributed by atoms with Gasteiger partial charge in [0.1, 0.15) is 10.8 Å². The van der Waals surface area contributed by atoms with Gasteiger partial charge in [0.2, 0.25) is 5.13 Å². The summed E-state index contributed by atoms with van der Waals surface area (Å²) in [5.74, 6) is -2.07. The highest BCUT2D eigenvalue weighted by atomic mass is 32.1. The number of carbonyl (C=O) groups excluding carboxylic acids is 2. The Kier molecular flexibility index (Phi) is 6.03. The molecule has 10 heteroatoms. The molecule has 1 unspecified atom stereocenters. The fourth-order valence-electron chi connectivity index (χ4n) is 3.76. The molecular weight excluding hydrogens is 467 g/mol. The molecule has 1 aliphatic rings. The summed E-state index contributed by atoms with van der Waals surface area (Å²) in [5, 5.41) is 19.6. The van der Waals surface area contributed by atoms with Crippen LogP contribution in [0, 0.1) is 6.92 Å². The first kappa shape index (κ1) is 23.6. The lowest BCUT2D eigenvalue weighted by Crippen LogP contribution is -2.29. The zero-order valence-corrected chi connectivity index (χ0v) is 19.2.